The maximum Gasteiger partial charge on any atom is 0.305 e. The van der Waals surface area contributed by atoms with Crippen LogP contribution in [-0.4, -0.2) is 58.4 Å². The number of esters is 1. The van der Waals surface area contributed by atoms with Gasteiger partial charge in [-0.15, -0.1) is 0 Å². The molecule has 0 amide bonds. The average molecular weight is 398 g/mol. The molecule has 0 aromatic carbocycles. The number of ketones is 1. The Morgan fingerprint density at radius 2 is 1.96 bits per heavy atom. The van der Waals surface area contributed by atoms with Crippen molar-refractivity contribution in [2.75, 3.05) is 27.9 Å². The van der Waals surface area contributed by atoms with Crippen molar-refractivity contribution in [3.8, 4) is 0 Å². The van der Waals surface area contributed by atoms with Crippen molar-refractivity contribution in [3.05, 3.63) is 0 Å². The molecule has 6 atom stereocenters. The van der Waals surface area contributed by atoms with Crippen LogP contribution in [0.3, 0.4) is 0 Å². The summed E-state index contributed by atoms with van der Waals surface area (Å²) >= 11 is 0. The van der Waals surface area contributed by atoms with Crippen LogP contribution in [0.4, 0.5) is 0 Å². The van der Waals surface area contributed by atoms with Crippen molar-refractivity contribution in [2.45, 2.75) is 70.1 Å². The monoisotopic (exact) mass is 398 g/mol. The molecule has 2 aliphatic carbocycles. The second-order valence-electron chi connectivity index (χ2n) is 8.20. The van der Waals surface area contributed by atoms with Gasteiger partial charge in [0.2, 0.25) is 0 Å². The predicted octanol–water partition coefficient (Wildman–Crippen LogP) is 2.70. The highest BCUT2D eigenvalue weighted by molar-refractivity contribution is 5.86. The number of rotatable bonds is 9. The molecule has 0 spiro atoms. The molecule has 3 fully saturated rings. The Hall–Kier alpha value is -1.02. The smallest absolute Gasteiger partial charge is 0.305 e. The molecule has 1 aliphatic heterocycles. The lowest BCUT2D eigenvalue weighted by atomic mass is 9.89. The first-order valence-corrected chi connectivity index (χ1v) is 10.5. The Balaban J connectivity index is 1.64. The van der Waals surface area contributed by atoms with E-state index in [0.717, 1.165) is 38.7 Å². The highest BCUT2D eigenvalue weighted by Gasteiger charge is 2.56. The van der Waals surface area contributed by atoms with Gasteiger partial charge in [0.15, 0.2) is 12.6 Å². The zero-order valence-electron chi connectivity index (χ0n) is 17.3. The molecule has 3 rings (SSSR count). The van der Waals surface area contributed by atoms with Crippen molar-refractivity contribution < 1.29 is 33.3 Å². The van der Waals surface area contributed by atoms with Gasteiger partial charge in [-0.05, 0) is 50.9 Å². The van der Waals surface area contributed by atoms with Crippen LogP contribution in [0, 0.1) is 23.7 Å². The molecule has 0 N–H and O–H groups in total. The van der Waals surface area contributed by atoms with Crippen LogP contribution >= 0.6 is 0 Å². The fourth-order valence-electron chi connectivity index (χ4n) is 5.32. The Bertz CT molecular complexity index is 527. The summed E-state index contributed by atoms with van der Waals surface area (Å²) in [6.07, 6.45) is 5.67. The van der Waals surface area contributed by atoms with E-state index in [1.165, 1.54) is 7.11 Å². The Labute approximate surface area is 167 Å². The van der Waals surface area contributed by atoms with Gasteiger partial charge in [-0.2, -0.15) is 0 Å². The minimum Gasteiger partial charge on any atom is -0.469 e. The molecule has 0 bridgehead atoms. The summed E-state index contributed by atoms with van der Waals surface area (Å²) in [6.45, 7) is 0.730. The Morgan fingerprint density at radius 3 is 2.61 bits per heavy atom. The van der Waals surface area contributed by atoms with Gasteiger partial charge < -0.3 is 23.7 Å². The summed E-state index contributed by atoms with van der Waals surface area (Å²) < 4.78 is 27.9. The summed E-state index contributed by atoms with van der Waals surface area (Å²) in [5.41, 5.74) is 0. The van der Waals surface area contributed by atoms with Crippen LogP contribution in [0.2, 0.25) is 0 Å². The first kappa shape index (κ1) is 21.7. The summed E-state index contributed by atoms with van der Waals surface area (Å²) in [5.74, 6) is 0.275. The van der Waals surface area contributed by atoms with Crippen LogP contribution < -0.4 is 0 Å². The van der Waals surface area contributed by atoms with Crippen molar-refractivity contribution >= 4 is 11.8 Å². The zero-order valence-corrected chi connectivity index (χ0v) is 17.3. The van der Waals surface area contributed by atoms with Crippen LogP contribution in [0.5, 0.6) is 0 Å². The van der Waals surface area contributed by atoms with E-state index in [9.17, 15) is 9.59 Å². The van der Waals surface area contributed by atoms with Gasteiger partial charge in [0.05, 0.1) is 13.2 Å². The second kappa shape index (κ2) is 10.1. The summed E-state index contributed by atoms with van der Waals surface area (Å²) in [5, 5.41) is 0. The number of carbonyl (C=O) groups is 2. The summed E-state index contributed by atoms with van der Waals surface area (Å²) in [4.78, 5) is 24.4. The molecule has 160 valence electrons. The van der Waals surface area contributed by atoms with E-state index in [4.69, 9.17) is 23.7 Å². The lowest BCUT2D eigenvalue weighted by molar-refractivity contribution is -0.227. The van der Waals surface area contributed by atoms with E-state index in [0.29, 0.717) is 25.0 Å². The zero-order chi connectivity index (χ0) is 20.1. The van der Waals surface area contributed by atoms with E-state index < -0.39 is 6.29 Å². The number of ether oxygens (including phenoxy) is 5. The van der Waals surface area contributed by atoms with Crippen molar-refractivity contribution in [1.29, 1.82) is 0 Å². The summed E-state index contributed by atoms with van der Waals surface area (Å²) in [7, 11) is 4.67. The molecule has 1 saturated heterocycles. The van der Waals surface area contributed by atoms with Crippen LogP contribution in [0.15, 0.2) is 0 Å². The SMILES string of the molecule is COC(=O)CCCC1CC2C(CC(OC3CCCCO3)C2C(OC)OC)C1=O. The lowest BCUT2D eigenvalue weighted by Gasteiger charge is -2.33. The molecule has 1 heterocycles. The highest BCUT2D eigenvalue weighted by atomic mass is 16.7. The molecular weight excluding hydrogens is 364 g/mol. The second-order valence-corrected chi connectivity index (χ2v) is 8.20. The molecular formula is C21H34O7. The number of carbonyl (C=O) groups excluding carboxylic acids is 2. The van der Waals surface area contributed by atoms with Crippen molar-refractivity contribution in [2.24, 2.45) is 23.7 Å². The van der Waals surface area contributed by atoms with Crippen LogP contribution in [-0.2, 0) is 33.3 Å². The van der Waals surface area contributed by atoms with Gasteiger partial charge >= 0.3 is 5.97 Å². The first-order chi connectivity index (χ1) is 13.6. The fraction of sp³-hybridized carbons (Fsp3) is 0.905. The average Bonchev–Trinajstić information content (AvgIpc) is 3.20. The third-order valence-electron chi connectivity index (χ3n) is 6.66. The van der Waals surface area contributed by atoms with Gasteiger partial charge in [0.1, 0.15) is 5.78 Å². The van der Waals surface area contributed by atoms with Crippen LogP contribution in [0.25, 0.3) is 0 Å². The minimum absolute atomic E-state index is 0.00315. The van der Waals surface area contributed by atoms with Crippen molar-refractivity contribution in [1.82, 2.24) is 0 Å². The molecule has 3 aliphatic rings. The number of fused-ring (bicyclic) bond motifs is 1. The van der Waals surface area contributed by atoms with Gasteiger partial charge in [0.25, 0.3) is 0 Å². The van der Waals surface area contributed by atoms with Gasteiger partial charge in [0, 0.05) is 45.0 Å². The standard InChI is InChI=1S/C21H34O7/c1-24-17(22)8-6-7-13-11-14-15(20(13)23)12-16(19(14)21(25-2)26-3)28-18-9-4-5-10-27-18/h13-16,18-19,21H,4-12H2,1-3H3. The predicted molar refractivity (Wildman–Crippen MR) is 100 cm³/mol. The number of hydrogen-bond acceptors (Lipinski definition) is 7. The Morgan fingerprint density at radius 1 is 1.18 bits per heavy atom. The van der Waals surface area contributed by atoms with E-state index in [2.05, 4.69) is 0 Å². The topological polar surface area (TPSA) is 80.3 Å². The molecule has 0 aromatic heterocycles. The van der Waals surface area contributed by atoms with Gasteiger partial charge in [-0.1, -0.05) is 0 Å². The van der Waals surface area contributed by atoms with Gasteiger partial charge in [-0.3, -0.25) is 9.59 Å². The Kier molecular flexibility index (Phi) is 7.85. The normalized spacial score (nSPS) is 35.4. The largest absolute Gasteiger partial charge is 0.469 e. The third kappa shape index (κ3) is 4.75. The quantitative estimate of drug-likeness (QED) is 0.436. The van der Waals surface area contributed by atoms with E-state index in [-0.39, 0.29) is 42.0 Å². The molecule has 0 radical (unpaired) electrons. The molecule has 6 unspecified atom stereocenters. The van der Waals surface area contributed by atoms with E-state index in [1.807, 2.05) is 0 Å². The lowest BCUT2D eigenvalue weighted by Crippen LogP contribution is -2.39. The highest BCUT2D eigenvalue weighted by Crippen LogP contribution is 2.52. The molecule has 2 saturated carbocycles. The molecule has 7 nitrogen and oxygen atoms in total. The molecule has 28 heavy (non-hydrogen) atoms. The minimum atomic E-state index is -0.398. The first-order valence-electron chi connectivity index (χ1n) is 10.5. The maximum absolute atomic E-state index is 13.0. The molecule has 0 aromatic rings. The van der Waals surface area contributed by atoms with E-state index in [1.54, 1.807) is 14.2 Å². The van der Waals surface area contributed by atoms with Gasteiger partial charge in [-0.25, -0.2) is 0 Å². The number of Topliss-reactive ketones (excluding diaryl/α,β-unsaturated/α-hetero) is 1. The van der Waals surface area contributed by atoms with E-state index >= 15 is 0 Å². The summed E-state index contributed by atoms with van der Waals surface area (Å²) in [6, 6.07) is 0. The fourth-order valence-corrected chi connectivity index (χ4v) is 5.32. The molecule has 7 heteroatoms. The van der Waals surface area contributed by atoms with Crippen molar-refractivity contribution in [3.63, 3.8) is 0 Å². The maximum atomic E-state index is 13.0. The third-order valence-corrected chi connectivity index (χ3v) is 6.66. The number of hydrogen-bond donors (Lipinski definition) is 0. The van der Waals surface area contributed by atoms with Crippen LogP contribution in [0.1, 0.15) is 51.4 Å². The number of methoxy groups -OCH3 is 3.